The number of ether oxygens (including phenoxy) is 1. The number of β-amino-alcohol motifs (C(OH)–C–C–N with tert-alkyl or cyclic N) is 1. The lowest BCUT2D eigenvalue weighted by atomic mass is 10.1. The molecule has 1 unspecified atom stereocenters. The number of nitrogens with zero attached hydrogens (tertiary/aromatic N) is 3. The lowest BCUT2D eigenvalue weighted by Gasteiger charge is -2.33. The van der Waals surface area contributed by atoms with Gasteiger partial charge in [-0.25, -0.2) is 4.98 Å². The number of hydrogen-bond acceptors (Lipinski definition) is 6. The number of hydrogen-bond donors (Lipinski definition) is 4. The summed E-state index contributed by atoms with van der Waals surface area (Å²) < 4.78 is 5.36. The molecule has 158 valence electrons. The average molecular weight is 393 g/mol. The average Bonchev–Trinajstić information content (AvgIpc) is 2.70. The van der Waals surface area contributed by atoms with Crippen LogP contribution in [0.1, 0.15) is 26.7 Å². The second kappa shape index (κ2) is 12.5. The first-order chi connectivity index (χ1) is 13.6. The predicted octanol–water partition coefficient (Wildman–Crippen LogP) is 0.912. The molecule has 1 atom stereocenters. The van der Waals surface area contributed by atoms with Crippen molar-refractivity contribution in [2.24, 2.45) is 4.99 Å². The normalized spacial score (nSPS) is 17.8. The molecule has 2 heterocycles. The highest BCUT2D eigenvalue weighted by atomic mass is 16.5. The fraction of sp³-hybridized carbons (Fsp3) is 0.700. The fourth-order valence-electron chi connectivity index (χ4n) is 3.02. The summed E-state index contributed by atoms with van der Waals surface area (Å²) in [6, 6.07) is 5.86. The van der Waals surface area contributed by atoms with Crippen LogP contribution in [0.25, 0.3) is 0 Å². The van der Waals surface area contributed by atoms with E-state index in [1.807, 2.05) is 32.0 Å². The molecule has 0 amide bonds. The number of aliphatic hydroxyl groups is 1. The molecule has 0 saturated carbocycles. The molecule has 0 bridgehead atoms. The van der Waals surface area contributed by atoms with Gasteiger partial charge in [0.05, 0.1) is 25.4 Å². The second-order valence-corrected chi connectivity index (χ2v) is 7.36. The summed E-state index contributed by atoms with van der Waals surface area (Å²) in [5, 5.41) is 20.6. The van der Waals surface area contributed by atoms with Crippen molar-refractivity contribution in [3.05, 3.63) is 24.4 Å². The maximum absolute atomic E-state index is 10.7. The van der Waals surface area contributed by atoms with Crippen LogP contribution in [-0.2, 0) is 4.74 Å². The Labute approximate surface area is 168 Å². The Morgan fingerprint density at radius 3 is 2.75 bits per heavy atom. The van der Waals surface area contributed by atoms with Crippen molar-refractivity contribution in [1.82, 2.24) is 20.5 Å². The molecule has 0 aliphatic carbocycles. The van der Waals surface area contributed by atoms with Gasteiger partial charge in [-0.2, -0.15) is 0 Å². The van der Waals surface area contributed by atoms with E-state index in [1.165, 1.54) is 0 Å². The molecule has 0 radical (unpaired) electrons. The van der Waals surface area contributed by atoms with E-state index in [4.69, 9.17) is 4.74 Å². The number of pyridine rings is 1. The molecule has 0 spiro atoms. The van der Waals surface area contributed by atoms with Crippen LogP contribution in [0, 0.1) is 0 Å². The van der Waals surface area contributed by atoms with Crippen molar-refractivity contribution < 1.29 is 9.84 Å². The molecule has 1 aromatic rings. The molecule has 1 aliphatic heterocycles. The highest BCUT2D eigenvalue weighted by Gasteiger charge is 2.25. The highest BCUT2D eigenvalue weighted by molar-refractivity contribution is 5.79. The van der Waals surface area contributed by atoms with E-state index in [2.05, 4.69) is 30.8 Å². The largest absolute Gasteiger partial charge is 0.387 e. The third-order valence-corrected chi connectivity index (χ3v) is 4.46. The van der Waals surface area contributed by atoms with Gasteiger partial charge >= 0.3 is 0 Å². The van der Waals surface area contributed by atoms with Crippen molar-refractivity contribution in [3.63, 3.8) is 0 Å². The molecule has 4 N–H and O–H groups in total. The maximum atomic E-state index is 10.7. The number of aromatic nitrogens is 1. The third kappa shape index (κ3) is 9.34. The van der Waals surface area contributed by atoms with Gasteiger partial charge in [-0.3, -0.25) is 9.89 Å². The Balaban J connectivity index is 1.66. The van der Waals surface area contributed by atoms with E-state index in [0.717, 1.165) is 70.6 Å². The predicted molar refractivity (Wildman–Crippen MR) is 114 cm³/mol. The van der Waals surface area contributed by atoms with Crippen LogP contribution in [0.15, 0.2) is 29.4 Å². The topological polar surface area (TPSA) is 94.0 Å². The summed E-state index contributed by atoms with van der Waals surface area (Å²) >= 11 is 0. The second-order valence-electron chi connectivity index (χ2n) is 7.36. The molecular formula is C20H36N6O2. The van der Waals surface area contributed by atoms with Gasteiger partial charge in [-0.15, -0.1) is 0 Å². The summed E-state index contributed by atoms with van der Waals surface area (Å²) in [5.74, 6) is 1.66. The Kier molecular flexibility index (Phi) is 10.0. The molecule has 8 nitrogen and oxygen atoms in total. The van der Waals surface area contributed by atoms with Gasteiger partial charge in [0.25, 0.3) is 0 Å². The quantitative estimate of drug-likeness (QED) is 0.253. The highest BCUT2D eigenvalue weighted by Crippen LogP contribution is 2.09. The Morgan fingerprint density at radius 2 is 2.04 bits per heavy atom. The minimum Gasteiger partial charge on any atom is -0.387 e. The molecule has 1 saturated heterocycles. The van der Waals surface area contributed by atoms with E-state index in [1.54, 1.807) is 6.20 Å². The van der Waals surface area contributed by atoms with E-state index in [0.29, 0.717) is 13.1 Å². The first-order valence-electron chi connectivity index (χ1n) is 10.3. The number of unbranched alkanes of at least 4 members (excludes halogenated alkanes) is 1. The van der Waals surface area contributed by atoms with Gasteiger partial charge < -0.3 is 25.8 Å². The van der Waals surface area contributed by atoms with Gasteiger partial charge in [-0.05, 0) is 38.8 Å². The minimum absolute atomic E-state index is 0.362. The van der Waals surface area contributed by atoms with E-state index in [9.17, 15) is 5.11 Å². The number of anilines is 1. The van der Waals surface area contributed by atoms with Gasteiger partial charge in [-0.1, -0.05) is 6.07 Å². The molecule has 28 heavy (non-hydrogen) atoms. The van der Waals surface area contributed by atoms with Crippen molar-refractivity contribution >= 4 is 11.8 Å². The number of nitrogens with one attached hydrogen (secondary N) is 3. The number of guanidine groups is 1. The lowest BCUT2D eigenvalue weighted by molar-refractivity contribution is -0.0179. The summed E-state index contributed by atoms with van der Waals surface area (Å²) in [4.78, 5) is 11.1. The van der Waals surface area contributed by atoms with E-state index >= 15 is 0 Å². The van der Waals surface area contributed by atoms with Gasteiger partial charge in [0, 0.05) is 45.5 Å². The summed E-state index contributed by atoms with van der Waals surface area (Å²) in [6.45, 7) is 10.6. The molecule has 2 rings (SSSR count). The van der Waals surface area contributed by atoms with Crippen LogP contribution in [0.5, 0.6) is 0 Å². The molecule has 1 aromatic heterocycles. The van der Waals surface area contributed by atoms with Gasteiger partial charge in [0.15, 0.2) is 5.96 Å². The zero-order valence-corrected chi connectivity index (χ0v) is 17.3. The number of morpholine rings is 1. The maximum Gasteiger partial charge on any atom is 0.191 e. The van der Waals surface area contributed by atoms with Gasteiger partial charge in [0.2, 0.25) is 0 Å². The molecule has 1 fully saturated rings. The SMILES string of the molecule is CCNC(=NCC(C)(O)CN1CCOCC1)NCCCCNc1ccccn1. The molecular weight excluding hydrogens is 356 g/mol. The van der Waals surface area contributed by atoms with Crippen LogP contribution < -0.4 is 16.0 Å². The van der Waals surface area contributed by atoms with Crippen molar-refractivity contribution in [2.75, 3.05) is 64.3 Å². The number of rotatable bonds is 11. The van der Waals surface area contributed by atoms with Crippen molar-refractivity contribution in [2.45, 2.75) is 32.3 Å². The van der Waals surface area contributed by atoms with Crippen molar-refractivity contribution in [1.29, 1.82) is 0 Å². The molecule has 1 aliphatic rings. The van der Waals surface area contributed by atoms with Crippen LogP contribution in [0.2, 0.25) is 0 Å². The van der Waals surface area contributed by atoms with Crippen LogP contribution in [0.4, 0.5) is 5.82 Å². The summed E-state index contributed by atoms with van der Waals surface area (Å²) in [7, 11) is 0. The van der Waals surface area contributed by atoms with Crippen LogP contribution in [-0.4, -0.2) is 85.6 Å². The standard InChI is InChI=1S/C20H36N6O2/c1-3-21-19(24-11-7-6-10-23-18-8-4-5-9-22-18)25-16-20(2,27)17-26-12-14-28-15-13-26/h4-5,8-9,27H,3,6-7,10-17H2,1-2H3,(H,22,23)(H2,21,24,25). The first-order valence-corrected chi connectivity index (χ1v) is 10.3. The molecule has 8 heteroatoms. The van der Waals surface area contributed by atoms with Crippen LogP contribution >= 0.6 is 0 Å². The Bertz CT molecular complexity index is 561. The minimum atomic E-state index is -0.855. The zero-order chi connectivity index (χ0) is 20.1. The van der Waals surface area contributed by atoms with E-state index in [-0.39, 0.29) is 0 Å². The summed E-state index contributed by atoms with van der Waals surface area (Å²) in [5.41, 5.74) is -0.855. The monoisotopic (exact) mass is 392 g/mol. The smallest absolute Gasteiger partial charge is 0.191 e. The van der Waals surface area contributed by atoms with Crippen LogP contribution in [0.3, 0.4) is 0 Å². The third-order valence-electron chi connectivity index (χ3n) is 4.46. The van der Waals surface area contributed by atoms with E-state index < -0.39 is 5.60 Å². The van der Waals surface area contributed by atoms with Crippen molar-refractivity contribution in [3.8, 4) is 0 Å². The summed E-state index contributed by atoms with van der Waals surface area (Å²) in [6.07, 6.45) is 3.85. The number of aliphatic imine (C=N–C) groups is 1. The molecule has 0 aromatic carbocycles. The first kappa shape index (κ1) is 22.4. The fourth-order valence-corrected chi connectivity index (χ4v) is 3.02. The lowest BCUT2D eigenvalue weighted by Crippen LogP contribution is -2.48. The zero-order valence-electron chi connectivity index (χ0n) is 17.3. The Morgan fingerprint density at radius 1 is 1.25 bits per heavy atom. The Hall–Kier alpha value is -1.90. The van der Waals surface area contributed by atoms with Gasteiger partial charge in [0.1, 0.15) is 5.82 Å².